The van der Waals surface area contributed by atoms with Gasteiger partial charge in [0.2, 0.25) is 10.0 Å². The van der Waals surface area contributed by atoms with Gasteiger partial charge in [-0.05, 0) is 36.8 Å². The standard InChI is InChI=1S/C12H19N3O2S/c1-2-12(6-3-7-12)9-15-18(16,17)10-4-5-11(13)14-8-10/h4-5,8,15H,2-3,6-7,9H2,1H3,(H2,13,14). The number of sulfonamides is 1. The van der Waals surface area contributed by atoms with Crippen LogP contribution in [-0.2, 0) is 10.0 Å². The molecule has 1 saturated carbocycles. The van der Waals surface area contributed by atoms with Crippen LogP contribution in [0.5, 0.6) is 0 Å². The van der Waals surface area contributed by atoms with Crippen LogP contribution in [0.25, 0.3) is 0 Å². The van der Waals surface area contributed by atoms with Crippen LogP contribution in [0.2, 0.25) is 0 Å². The summed E-state index contributed by atoms with van der Waals surface area (Å²) in [5.74, 6) is 0.318. The quantitative estimate of drug-likeness (QED) is 0.848. The van der Waals surface area contributed by atoms with Crippen LogP contribution in [-0.4, -0.2) is 19.9 Å². The molecule has 2 rings (SSSR count). The van der Waals surface area contributed by atoms with Gasteiger partial charge in [-0.2, -0.15) is 0 Å². The van der Waals surface area contributed by atoms with E-state index >= 15 is 0 Å². The Morgan fingerprint density at radius 2 is 2.17 bits per heavy atom. The van der Waals surface area contributed by atoms with Crippen LogP contribution >= 0.6 is 0 Å². The SMILES string of the molecule is CCC1(CNS(=O)(=O)c2ccc(N)nc2)CCC1. The highest BCUT2D eigenvalue weighted by Crippen LogP contribution is 2.43. The number of hydrogen-bond acceptors (Lipinski definition) is 4. The van der Waals surface area contributed by atoms with Crippen molar-refractivity contribution in [3.8, 4) is 0 Å². The summed E-state index contributed by atoms with van der Waals surface area (Å²) in [7, 11) is -3.46. The lowest BCUT2D eigenvalue weighted by molar-refractivity contribution is 0.133. The summed E-state index contributed by atoms with van der Waals surface area (Å²) < 4.78 is 26.8. The van der Waals surface area contributed by atoms with Crippen LogP contribution in [0.15, 0.2) is 23.2 Å². The van der Waals surface area contributed by atoms with Crippen molar-refractivity contribution in [2.75, 3.05) is 12.3 Å². The van der Waals surface area contributed by atoms with Crippen LogP contribution in [0, 0.1) is 5.41 Å². The Morgan fingerprint density at radius 3 is 2.61 bits per heavy atom. The molecule has 1 aliphatic carbocycles. The second-order valence-electron chi connectivity index (χ2n) is 4.95. The molecule has 0 aliphatic heterocycles. The van der Waals surface area contributed by atoms with Gasteiger partial charge in [-0.3, -0.25) is 0 Å². The molecule has 0 radical (unpaired) electrons. The summed E-state index contributed by atoms with van der Waals surface area (Å²) in [5.41, 5.74) is 5.60. The number of nitrogen functional groups attached to an aromatic ring is 1. The van der Waals surface area contributed by atoms with Crippen molar-refractivity contribution in [2.45, 2.75) is 37.5 Å². The summed E-state index contributed by atoms with van der Waals surface area (Å²) in [6, 6.07) is 2.97. The third kappa shape index (κ3) is 2.64. The van der Waals surface area contributed by atoms with E-state index in [2.05, 4.69) is 16.6 Å². The monoisotopic (exact) mass is 269 g/mol. The Morgan fingerprint density at radius 1 is 1.44 bits per heavy atom. The zero-order chi connectivity index (χ0) is 13.2. The maximum atomic E-state index is 12.1. The molecule has 3 N–H and O–H groups in total. The average molecular weight is 269 g/mol. The van der Waals surface area contributed by atoms with Crippen molar-refractivity contribution in [1.82, 2.24) is 9.71 Å². The molecule has 0 spiro atoms. The Kier molecular flexibility index (Phi) is 3.59. The van der Waals surface area contributed by atoms with Crippen molar-refractivity contribution in [3.05, 3.63) is 18.3 Å². The molecule has 1 heterocycles. The lowest BCUT2D eigenvalue weighted by atomic mass is 9.67. The summed E-state index contributed by atoms with van der Waals surface area (Å²) in [6.07, 6.45) is 5.70. The first-order valence-corrected chi connectivity index (χ1v) is 7.67. The van der Waals surface area contributed by atoms with Crippen molar-refractivity contribution in [3.63, 3.8) is 0 Å². The molecule has 5 nitrogen and oxygen atoms in total. The summed E-state index contributed by atoms with van der Waals surface area (Å²) in [5, 5.41) is 0. The van der Waals surface area contributed by atoms with Gasteiger partial charge in [-0.1, -0.05) is 13.3 Å². The smallest absolute Gasteiger partial charge is 0.242 e. The number of rotatable bonds is 5. The number of nitrogens with two attached hydrogens (primary N) is 1. The largest absolute Gasteiger partial charge is 0.384 e. The lowest BCUT2D eigenvalue weighted by Gasteiger charge is -2.41. The Bertz CT molecular complexity index is 501. The van der Waals surface area contributed by atoms with E-state index in [9.17, 15) is 8.42 Å². The molecule has 0 amide bonds. The molecule has 1 fully saturated rings. The van der Waals surface area contributed by atoms with Gasteiger partial charge in [0.05, 0.1) is 0 Å². The zero-order valence-corrected chi connectivity index (χ0v) is 11.3. The maximum Gasteiger partial charge on any atom is 0.242 e. The van der Waals surface area contributed by atoms with Gasteiger partial charge in [0.25, 0.3) is 0 Å². The third-order valence-electron chi connectivity index (χ3n) is 3.87. The van der Waals surface area contributed by atoms with Gasteiger partial charge in [-0.25, -0.2) is 18.1 Å². The number of aromatic nitrogens is 1. The lowest BCUT2D eigenvalue weighted by Crippen LogP contribution is -2.41. The predicted octanol–water partition coefficient (Wildman–Crippen LogP) is 1.52. The van der Waals surface area contributed by atoms with Crippen LogP contribution in [0.4, 0.5) is 5.82 Å². The molecule has 1 aromatic rings. The highest BCUT2D eigenvalue weighted by atomic mass is 32.2. The fraction of sp³-hybridized carbons (Fsp3) is 0.583. The van der Waals surface area contributed by atoms with E-state index in [4.69, 9.17) is 5.73 Å². The topological polar surface area (TPSA) is 85.1 Å². The van der Waals surface area contributed by atoms with Crippen molar-refractivity contribution in [2.24, 2.45) is 5.41 Å². The Balaban J connectivity index is 2.05. The maximum absolute atomic E-state index is 12.1. The molecule has 0 saturated heterocycles. The van der Waals surface area contributed by atoms with Crippen LogP contribution < -0.4 is 10.5 Å². The van der Waals surface area contributed by atoms with Gasteiger partial charge >= 0.3 is 0 Å². The minimum atomic E-state index is -3.46. The summed E-state index contributed by atoms with van der Waals surface area (Å²) >= 11 is 0. The first-order chi connectivity index (χ1) is 8.47. The Labute approximate surface area is 108 Å². The minimum absolute atomic E-state index is 0.161. The fourth-order valence-corrected chi connectivity index (χ4v) is 3.32. The Hall–Kier alpha value is -1.14. The molecule has 0 unspecified atom stereocenters. The van der Waals surface area contributed by atoms with Gasteiger partial charge < -0.3 is 5.73 Å². The van der Waals surface area contributed by atoms with Crippen molar-refractivity contribution >= 4 is 15.8 Å². The van der Waals surface area contributed by atoms with E-state index in [-0.39, 0.29) is 10.3 Å². The number of anilines is 1. The number of pyridine rings is 1. The predicted molar refractivity (Wildman–Crippen MR) is 70.4 cm³/mol. The second-order valence-corrected chi connectivity index (χ2v) is 6.72. The highest BCUT2D eigenvalue weighted by Gasteiger charge is 2.36. The van der Waals surface area contributed by atoms with E-state index in [1.807, 2.05) is 0 Å². The summed E-state index contributed by atoms with van der Waals surface area (Å²) in [4.78, 5) is 3.97. The van der Waals surface area contributed by atoms with Gasteiger partial charge in [0.15, 0.2) is 0 Å². The first kappa shape index (κ1) is 13.3. The average Bonchev–Trinajstić information content (AvgIpc) is 2.29. The minimum Gasteiger partial charge on any atom is -0.384 e. The fourth-order valence-electron chi connectivity index (χ4n) is 2.21. The third-order valence-corrected chi connectivity index (χ3v) is 5.26. The molecular formula is C12H19N3O2S. The van der Waals surface area contributed by atoms with Crippen molar-refractivity contribution in [1.29, 1.82) is 0 Å². The van der Waals surface area contributed by atoms with E-state index in [0.717, 1.165) is 19.3 Å². The molecule has 0 bridgehead atoms. The van der Waals surface area contributed by atoms with E-state index < -0.39 is 10.0 Å². The number of hydrogen-bond donors (Lipinski definition) is 2. The van der Waals surface area contributed by atoms with E-state index in [1.54, 1.807) is 0 Å². The number of nitrogens with zero attached hydrogens (tertiary/aromatic N) is 1. The van der Waals surface area contributed by atoms with Crippen LogP contribution in [0.3, 0.4) is 0 Å². The van der Waals surface area contributed by atoms with Crippen molar-refractivity contribution < 1.29 is 8.42 Å². The molecule has 0 atom stereocenters. The van der Waals surface area contributed by atoms with Gasteiger partial charge in [-0.15, -0.1) is 0 Å². The van der Waals surface area contributed by atoms with E-state index in [0.29, 0.717) is 12.4 Å². The normalized spacial score (nSPS) is 18.3. The second kappa shape index (κ2) is 4.85. The molecule has 6 heteroatoms. The molecule has 18 heavy (non-hydrogen) atoms. The first-order valence-electron chi connectivity index (χ1n) is 6.19. The molecule has 0 aromatic carbocycles. The van der Waals surface area contributed by atoms with Gasteiger partial charge in [0.1, 0.15) is 10.7 Å². The molecule has 100 valence electrons. The van der Waals surface area contributed by atoms with Crippen LogP contribution in [0.1, 0.15) is 32.6 Å². The highest BCUT2D eigenvalue weighted by molar-refractivity contribution is 7.89. The molecule has 1 aliphatic rings. The molecular weight excluding hydrogens is 250 g/mol. The zero-order valence-electron chi connectivity index (χ0n) is 10.5. The summed E-state index contributed by atoms with van der Waals surface area (Å²) in [6.45, 7) is 2.62. The van der Waals surface area contributed by atoms with Gasteiger partial charge in [0, 0.05) is 12.7 Å². The number of nitrogens with one attached hydrogen (secondary N) is 1. The molecule has 1 aromatic heterocycles. The van der Waals surface area contributed by atoms with E-state index in [1.165, 1.54) is 24.8 Å².